The molecule has 0 aromatic rings. The smallest absolute Gasteiger partial charge is 0.327 e. The van der Waals surface area contributed by atoms with E-state index in [0.29, 0.717) is 18.2 Å². The molecular formula is C12H22N2O3S. The number of rotatable bonds is 4. The Bertz CT molecular complexity index is 322. The van der Waals surface area contributed by atoms with Crippen molar-refractivity contribution in [2.45, 2.75) is 38.6 Å². The lowest BCUT2D eigenvalue weighted by atomic mass is 10.1. The molecule has 0 saturated carbocycles. The minimum Gasteiger partial charge on any atom is -0.480 e. The Labute approximate surface area is 113 Å². The average Bonchev–Trinajstić information content (AvgIpc) is 2.67. The average molecular weight is 274 g/mol. The first-order valence-corrected chi connectivity index (χ1v) is 7.27. The molecule has 0 aromatic carbocycles. The molecule has 104 valence electrons. The second kappa shape index (κ2) is 6.31. The Kier molecular flexibility index (Phi) is 5.31. The predicted molar refractivity (Wildman–Crippen MR) is 72.7 cm³/mol. The fourth-order valence-corrected chi connectivity index (χ4v) is 3.03. The zero-order valence-electron chi connectivity index (χ0n) is 11.4. The Morgan fingerprint density at radius 2 is 2.11 bits per heavy atom. The molecule has 0 bridgehead atoms. The number of amides is 2. The molecule has 0 spiro atoms. The lowest BCUT2D eigenvalue weighted by Crippen LogP contribution is -2.50. The van der Waals surface area contributed by atoms with Crippen molar-refractivity contribution in [2.75, 3.05) is 19.3 Å². The largest absolute Gasteiger partial charge is 0.480 e. The first-order valence-electron chi connectivity index (χ1n) is 6.22. The van der Waals surface area contributed by atoms with E-state index in [-0.39, 0.29) is 11.4 Å². The monoisotopic (exact) mass is 274 g/mol. The van der Waals surface area contributed by atoms with Crippen molar-refractivity contribution in [3.8, 4) is 0 Å². The van der Waals surface area contributed by atoms with Crippen LogP contribution < -0.4 is 0 Å². The van der Waals surface area contributed by atoms with Crippen molar-refractivity contribution >= 4 is 23.8 Å². The molecule has 1 saturated heterocycles. The van der Waals surface area contributed by atoms with E-state index < -0.39 is 12.0 Å². The molecule has 1 N–H and O–H groups in total. The number of hydrogen-bond donors (Lipinski definition) is 1. The quantitative estimate of drug-likeness (QED) is 0.851. The number of nitrogens with zero attached hydrogens (tertiary/aromatic N) is 2. The highest BCUT2D eigenvalue weighted by molar-refractivity contribution is 8.00. The van der Waals surface area contributed by atoms with Gasteiger partial charge >= 0.3 is 12.0 Å². The molecule has 2 amide bonds. The summed E-state index contributed by atoms with van der Waals surface area (Å²) >= 11 is 1.51. The maximum absolute atomic E-state index is 12.3. The van der Waals surface area contributed by atoms with Crippen LogP contribution in [0, 0.1) is 5.92 Å². The van der Waals surface area contributed by atoms with Crippen LogP contribution in [0.5, 0.6) is 0 Å². The summed E-state index contributed by atoms with van der Waals surface area (Å²) in [5.74, 6) is 0.0821. The minimum absolute atomic E-state index is 0.0694. The highest BCUT2D eigenvalue weighted by Crippen LogP contribution is 2.29. The van der Waals surface area contributed by atoms with E-state index in [2.05, 4.69) is 13.8 Å². The van der Waals surface area contributed by atoms with Gasteiger partial charge in [0.05, 0.1) is 5.37 Å². The molecule has 1 fully saturated rings. The van der Waals surface area contributed by atoms with Crippen LogP contribution in [0.3, 0.4) is 0 Å². The van der Waals surface area contributed by atoms with Crippen molar-refractivity contribution in [3.63, 3.8) is 0 Å². The van der Waals surface area contributed by atoms with E-state index in [9.17, 15) is 9.59 Å². The van der Waals surface area contributed by atoms with Crippen molar-refractivity contribution < 1.29 is 14.7 Å². The third kappa shape index (κ3) is 3.54. The van der Waals surface area contributed by atoms with Crippen LogP contribution in [0.1, 0.15) is 27.2 Å². The van der Waals surface area contributed by atoms with Crippen LogP contribution in [0.15, 0.2) is 0 Å². The summed E-state index contributed by atoms with van der Waals surface area (Å²) in [6, 6.07) is -0.875. The zero-order valence-corrected chi connectivity index (χ0v) is 12.2. The third-order valence-electron chi connectivity index (χ3n) is 3.10. The van der Waals surface area contributed by atoms with Gasteiger partial charge in [-0.15, -0.1) is 11.8 Å². The second-order valence-corrected chi connectivity index (χ2v) is 6.43. The third-order valence-corrected chi connectivity index (χ3v) is 4.31. The molecule has 6 heteroatoms. The van der Waals surface area contributed by atoms with Crippen LogP contribution in [0.4, 0.5) is 4.79 Å². The Morgan fingerprint density at radius 3 is 2.61 bits per heavy atom. The second-order valence-electron chi connectivity index (χ2n) is 5.08. The Hall–Kier alpha value is -0.910. The molecule has 18 heavy (non-hydrogen) atoms. The topological polar surface area (TPSA) is 60.9 Å². The van der Waals surface area contributed by atoms with Gasteiger partial charge in [-0.3, -0.25) is 4.90 Å². The van der Waals surface area contributed by atoms with E-state index >= 15 is 0 Å². The molecule has 1 aliphatic heterocycles. The van der Waals surface area contributed by atoms with Gasteiger partial charge in [0.2, 0.25) is 0 Å². The Balaban J connectivity index is 2.65. The van der Waals surface area contributed by atoms with Gasteiger partial charge in [-0.2, -0.15) is 0 Å². The van der Waals surface area contributed by atoms with Crippen molar-refractivity contribution in [1.29, 1.82) is 0 Å². The number of carbonyl (C=O) groups is 2. The molecule has 5 nitrogen and oxygen atoms in total. The number of carbonyl (C=O) groups excluding carboxylic acids is 1. The summed E-state index contributed by atoms with van der Waals surface area (Å²) in [5.41, 5.74) is 0. The zero-order chi connectivity index (χ0) is 13.9. The van der Waals surface area contributed by atoms with Crippen LogP contribution in [-0.2, 0) is 4.79 Å². The lowest BCUT2D eigenvalue weighted by Gasteiger charge is -2.30. The van der Waals surface area contributed by atoms with Gasteiger partial charge in [0.1, 0.15) is 6.04 Å². The number of aliphatic carboxylic acids is 1. The highest BCUT2D eigenvalue weighted by Gasteiger charge is 2.40. The van der Waals surface area contributed by atoms with Crippen molar-refractivity contribution in [2.24, 2.45) is 5.92 Å². The fourth-order valence-electron chi connectivity index (χ4n) is 1.87. The maximum atomic E-state index is 12.3. The van der Waals surface area contributed by atoms with E-state index in [1.807, 2.05) is 6.92 Å². The SMILES string of the molecule is CC(C)CCN(C)C(=O)N1C(C)SCC1C(=O)O. The number of hydrogen-bond acceptors (Lipinski definition) is 3. The van der Waals surface area contributed by atoms with E-state index in [0.717, 1.165) is 6.42 Å². The first kappa shape index (κ1) is 15.1. The van der Waals surface area contributed by atoms with Gasteiger partial charge in [-0.05, 0) is 19.3 Å². The molecule has 1 heterocycles. The van der Waals surface area contributed by atoms with Gasteiger partial charge in [0.15, 0.2) is 0 Å². The summed E-state index contributed by atoms with van der Waals surface area (Å²) in [4.78, 5) is 26.5. The number of carboxylic acids is 1. The summed E-state index contributed by atoms with van der Waals surface area (Å²) < 4.78 is 0. The van der Waals surface area contributed by atoms with Gasteiger partial charge in [-0.1, -0.05) is 13.8 Å². The molecule has 0 radical (unpaired) electrons. The van der Waals surface area contributed by atoms with Gasteiger partial charge < -0.3 is 10.0 Å². The normalized spacial score (nSPS) is 23.5. The molecule has 1 rings (SSSR count). The Morgan fingerprint density at radius 1 is 1.50 bits per heavy atom. The van der Waals surface area contributed by atoms with Crippen molar-refractivity contribution in [1.82, 2.24) is 9.80 Å². The van der Waals surface area contributed by atoms with Gasteiger partial charge in [0.25, 0.3) is 0 Å². The number of carboxylic acid groups (broad SMARTS) is 1. The van der Waals surface area contributed by atoms with E-state index in [1.54, 1.807) is 11.9 Å². The fraction of sp³-hybridized carbons (Fsp3) is 0.833. The summed E-state index contributed by atoms with van der Waals surface area (Å²) in [7, 11) is 1.74. The molecule has 2 unspecified atom stereocenters. The maximum Gasteiger partial charge on any atom is 0.327 e. The number of thioether (sulfide) groups is 1. The van der Waals surface area contributed by atoms with Crippen LogP contribution >= 0.6 is 11.8 Å². The summed E-state index contributed by atoms with van der Waals surface area (Å²) in [6.07, 6.45) is 0.926. The van der Waals surface area contributed by atoms with Crippen LogP contribution in [0.25, 0.3) is 0 Å². The van der Waals surface area contributed by atoms with Gasteiger partial charge in [-0.25, -0.2) is 9.59 Å². The molecule has 0 aliphatic carbocycles. The van der Waals surface area contributed by atoms with Crippen molar-refractivity contribution in [3.05, 3.63) is 0 Å². The minimum atomic E-state index is -0.919. The van der Waals surface area contributed by atoms with Gasteiger partial charge in [0, 0.05) is 19.3 Å². The molecule has 1 aliphatic rings. The molecular weight excluding hydrogens is 252 g/mol. The summed E-state index contributed by atoms with van der Waals surface area (Å²) in [6.45, 7) is 6.75. The molecule has 2 atom stereocenters. The first-order chi connectivity index (χ1) is 8.34. The van der Waals surface area contributed by atoms with Crippen LogP contribution in [-0.4, -0.2) is 57.7 Å². The number of urea groups is 1. The standard InChI is InChI=1S/C12H22N2O3S/c1-8(2)5-6-13(4)12(17)14-9(3)18-7-10(14)11(15)16/h8-10H,5-7H2,1-4H3,(H,15,16). The van der Waals surface area contributed by atoms with E-state index in [4.69, 9.17) is 5.11 Å². The molecule has 0 aromatic heterocycles. The van der Waals surface area contributed by atoms with E-state index in [1.165, 1.54) is 16.7 Å². The lowest BCUT2D eigenvalue weighted by molar-refractivity contribution is -0.141. The van der Waals surface area contributed by atoms with Crippen LogP contribution in [0.2, 0.25) is 0 Å². The highest BCUT2D eigenvalue weighted by atomic mass is 32.2. The predicted octanol–water partition coefficient (Wildman–Crippen LogP) is 1.93. The summed E-state index contributed by atoms with van der Waals surface area (Å²) in [5, 5.41) is 9.06.